The summed E-state index contributed by atoms with van der Waals surface area (Å²) in [5.74, 6) is 0.111. The number of rotatable bonds is 2. The standard InChI is InChI=1S/C13H15NO4/c1-17-10-4-3-8-7-12(15)14-11(13(16)18-2)6-9(8)5-10/h3-5,11H,6-7H2,1-2H3,(H,14,15). The number of benzene rings is 1. The van der Waals surface area contributed by atoms with Crippen LogP contribution in [0.3, 0.4) is 0 Å². The fourth-order valence-corrected chi connectivity index (χ4v) is 2.07. The molecular weight excluding hydrogens is 234 g/mol. The molecule has 0 bridgehead atoms. The molecule has 1 aromatic carbocycles. The molecule has 0 aliphatic carbocycles. The van der Waals surface area contributed by atoms with Crippen LogP contribution in [0.15, 0.2) is 18.2 Å². The SMILES string of the molecule is COC(=O)C1Cc2cc(OC)ccc2CC(=O)N1. The third kappa shape index (κ3) is 2.45. The van der Waals surface area contributed by atoms with Crippen LogP contribution in [0.4, 0.5) is 0 Å². The Labute approximate surface area is 105 Å². The zero-order chi connectivity index (χ0) is 13.1. The number of fused-ring (bicyclic) bond motifs is 1. The lowest BCUT2D eigenvalue weighted by Gasteiger charge is -2.13. The Morgan fingerprint density at radius 2 is 2.11 bits per heavy atom. The summed E-state index contributed by atoms with van der Waals surface area (Å²) < 4.78 is 9.83. The van der Waals surface area contributed by atoms with Crippen molar-refractivity contribution in [2.45, 2.75) is 18.9 Å². The van der Waals surface area contributed by atoms with Crippen LogP contribution in [0.25, 0.3) is 0 Å². The van der Waals surface area contributed by atoms with E-state index in [1.165, 1.54) is 7.11 Å². The Kier molecular flexibility index (Phi) is 3.50. The minimum Gasteiger partial charge on any atom is -0.497 e. The van der Waals surface area contributed by atoms with Crippen LogP contribution in [0.5, 0.6) is 5.75 Å². The number of hydrogen-bond donors (Lipinski definition) is 1. The van der Waals surface area contributed by atoms with Crippen LogP contribution in [0.1, 0.15) is 11.1 Å². The predicted octanol–water partition coefficient (Wildman–Crippen LogP) is 0.452. The van der Waals surface area contributed by atoms with Crippen molar-refractivity contribution in [1.29, 1.82) is 0 Å². The second-order valence-corrected chi connectivity index (χ2v) is 4.16. The Morgan fingerprint density at radius 3 is 2.78 bits per heavy atom. The number of carbonyl (C=O) groups excluding carboxylic acids is 2. The van der Waals surface area contributed by atoms with Gasteiger partial charge in [0.1, 0.15) is 11.8 Å². The van der Waals surface area contributed by atoms with Gasteiger partial charge in [-0.25, -0.2) is 4.79 Å². The minimum absolute atomic E-state index is 0.172. The molecule has 1 aliphatic heterocycles. The van der Waals surface area contributed by atoms with Crippen LogP contribution < -0.4 is 10.1 Å². The molecule has 1 atom stereocenters. The zero-order valence-electron chi connectivity index (χ0n) is 10.4. The van der Waals surface area contributed by atoms with Gasteiger partial charge in [-0.2, -0.15) is 0 Å². The van der Waals surface area contributed by atoms with E-state index in [0.717, 1.165) is 11.1 Å². The normalized spacial score (nSPS) is 18.3. The average molecular weight is 249 g/mol. The van der Waals surface area contributed by atoms with Crippen LogP contribution in [0, 0.1) is 0 Å². The van der Waals surface area contributed by atoms with Gasteiger partial charge in [-0.1, -0.05) is 6.07 Å². The number of carbonyl (C=O) groups is 2. The fourth-order valence-electron chi connectivity index (χ4n) is 2.07. The zero-order valence-corrected chi connectivity index (χ0v) is 10.4. The first-order valence-electron chi connectivity index (χ1n) is 5.67. The minimum atomic E-state index is -0.629. The van der Waals surface area contributed by atoms with Gasteiger partial charge in [-0.05, 0) is 23.3 Å². The van der Waals surface area contributed by atoms with Gasteiger partial charge in [-0.3, -0.25) is 4.79 Å². The summed E-state index contributed by atoms with van der Waals surface area (Å²) in [5.41, 5.74) is 1.85. The highest BCUT2D eigenvalue weighted by molar-refractivity contribution is 5.87. The van der Waals surface area contributed by atoms with Gasteiger partial charge in [0.05, 0.1) is 20.6 Å². The van der Waals surface area contributed by atoms with E-state index in [9.17, 15) is 9.59 Å². The van der Waals surface area contributed by atoms with Crippen molar-refractivity contribution in [3.63, 3.8) is 0 Å². The highest BCUT2D eigenvalue weighted by Gasteiger charge is 2.26. The summed E-state index contributed by atoms with van der Waals surface area (Å²) in [6.45, 7) is 0. The summed E-state index contributed by atoms with van der Waals surface area (Å²) in [7, 11) is 2.89. The Morgan fingerprint density at radius 1 is 1.33 bits per heavy atom. The van der Waals surface area contributed by atoms with E-state index in [-0.39, 0.29) is 12.3 Å². The smallest absolute Gasteiger partial charge is 0.328 e. The first-order chi connectivity index (χ1) is 8.63. The Balaban J connectivity index is 2.34. The molecule has 0 saturated heterocycles. The Hall–Kier alpha value is -2.04. The largest absolute Gasteiger partial charge is 0.497 e. The summed E-state index contributed by atoms with van der Waals surface area (Å²) >= 11 is 0. The van der Waals surface area contributed by atoms with Crippen molar-refractivity contribution in [2.75, 3.05) is 14.2 Å². The first kappa shape index (κ1) is 12.4. The van der Waals surface area contributed by atoms with Gasteiger partial charge in [0.2, 0.25) is 5.91 Å². The molecule has 5 heteroatoms. The number of methoxy groups -OCH3 is 2. The van der Waals surface area contributed by atoms with E-state index in [4.69, 9.17) is 4.74 Å². The van der Waals surface area contributed by atoms with Crippen LogP contribution in [0.2, 0.25) is 0 Å². The maximum absolute atomic E-state index is 11.7. The number of amides is 1. The quantitative estimate of drug-likeness (QED) is 0.773. The van der Waals surface area contributed by atoms with Crippen molar-refractivity contribution < 1.29 is 19.1 Å². The van der Waals surface area contributed by atoms with Gasteiger partial charge < -0.3 is 14.8 Å². The molecule has 1 unspecified atom stereocenters. The maximum Gasteiger partial charge on any atom is 0.328 e. The van der Waals surface area contributed by atoms with Crippen molar-refractivity contribution in [1.82, 2.24) is 5.32 Å². The Bertz CT molecular complexity index is 484. The van der Waals surface area contributed by atoms with Gasteiger partial charge in [0.15, 0.2) is 0 Å². The average Bonchev–Trinajstić information content (AvgIpc) is 2.54. The molecule has 1 N–H and O–H groups in total. The molecule has 18 heavy (non-hydrogen) atoms. The molecule has 96 valence electrons. The maximum atomic E-state index is 11.7. The van der Waals surface area contributed by atoms with Gasteiger partial charge >= 0.3 is 5.97 Å². The van der Waals surface area contributed by atoms with E-state index in [0.29, 0.717) is 12.2 Å². The van der Waals surface area contributed by atoms with E-state index in [1.54, 1.807) is 7.11 Å². The lowest BCUT2D eigenvalue weighted by atomic mass is 10.00. The van der Waals surface area contributed by atoms with Gasteiger partial charge in [-0.15, -0.1) is 0 Å². The second kappa shape index (κ2) is 5.08. The molecule has 0 radical (unpaired) electrons. The third-order valence-corrected chi connectivity index (χ3v) is 3.01. The first-order valence-corrected chi connectivity index (χ1v) is 5.67. The monoisotopic (exact) mass is 249 g/mol. The molecule has 5 nitrogen and oxygen atoms in total. The summed E-state index contributed by atoms with van der Waals surface area (Å²) in [5, 5.41) is 2.66. The highest BCUT2D eigenvalue weighted by atomic mass is 16.5. The van der Waals surface area contributed by atoms with Crippen LogP contribution in [-0.4, -0.2) is 32.1 Å². The molecule has 1 heterocycles. The van der Waals surface area contributed by atoms with Crippen LogP contribution >= 0.6 is 0 Å². The number of hydrogen-bond acceptors (Lipinski definition) is 4. The predicted molar refractivity (Wildman–Crippen MR) is 64.3 cm³/mol. The molecular formula is C13H15NO4. The van der Waals surface area contributed by atoms with Gasteiger partial charge in [0, 0.05) is 6.42 Å². The lowest BCUT2D eigenvalue weighted by Crippen LogP contribution is -2.41. The molecule has 1 amide bonds. The van der Waals surface area contributed by atoms with Gasteiger partial charge in [0.25, 0.3) is 0 Å². The van der Waals surface area contributed by atoms with E-state index < -0.39 is 12.0 Å². The van der Waals surface area contributed by atoms with E-state index in [1.807, 2.05) is 18.2 Å². The lowest BCUT2D eigenvalue weighted by molar-refractivity contribution is -0.144. The highest BCUT2D eigenvalue weighted by Crippen LogP contribution is 2.22. The van der Waals surface area contributed by atoms with Crippen molar-refractivity contribution in [3.8, 4) is 5.75 Å². The molecule has 1 aromatic rings. The second-order valence-electron chi connectivity index (χ2n) is 4.16. The van der Waals surface area contributed by atoms with Crippen molar-refractivity contribution >= 4 is 11.9 Å². The van der Waals surface area contributed by atoms with Crippen molar-refractivity contribution in [2.24, 2.45) is 0 Å². The topological polar surface area (TPSA) is 64.6 Å². The molecule has 0 aromatic heterocycles. The van der Waals surface area contributed by atoms with E-state index in [2.05, 4.69) is 10.1 Å². The number of esters is 1. The van der Waals surface area contributed by atoms with Crippen LogP contribution in [-0.2, 0) is 27.2 Å². The molecule has 0 fully saturated rings. The summed E-state index contributed by atoms with van der Waals surface area (Å²) in [6, 6.07) is 4.89. The fraction of sp³-hybridized carbons (Fsp3) is 0.385. The number of nitrogens with one attached hydrogen (secondary N) is 1. The summed E-state index contributed by atoms with van der Waals surface area (Å²) in [4.78, 5) is 23.2. The van der Waals surface area contributed by atoms with E-state index >= 15 is 0 Å². The third-order valence-electron chi connectivity index (χ3n) is 3.01. The van der Waals surface area contributed by atoms with Crippen molar-refractivity contribution in [3.05, 3.63) is 29.3 Å². The molecule has 2 rings (SSSR count). The molecule has 1 aliphatic rings. The summed E-state index contributed by atoms with van der Waals surface area (Å²) in [6.07, 6.45) is 0.692. The molecule has 0 spiro atoms. The molecule has 0 saturated carbocycles. The number of ether oxygens (including phenoxy) is 2.